The first-order valence-electron chi connectivity index (χ1n) is 9.24. The average molecular weight is 373 g/mol. The highest BCUT2D eigenvalue weighted by molar-refractivity contribution is 5.86. The second kappa shape index (κ2) is 7.60. The van der Waals surface area contributed by atoms with Crippen molar-refractivity contribution in [3.63, 3.8) is 0 Å². The van der Waals surface area contributed by atoms with Gasteiger partial charge in [-0.3, -0.25) is 4.79 Å². The monoisotopic (exact) mass is 373 g/mol. The van der Waals surface area contributed by atoms with Crippen LogP contribution < -0.4 is 5.32 Å². The number of aromatic amines is 1. The number of fused-ring (bicyclic) bond motifs is 3. The van der Waals surface area contributed by atoms with Gasteiger partial charge in [0, 0.05) is 29.6 Å². The number of aliphatic hydroxyl groups is 1. The smallest absolute Gasteiger partial charge is 0.407 e. The molecular weight excluding hydrogens is 346 g/mol. The van der Waals surface area contributed by atoms with E-state index in [-0.39, 0.29) is 31.5 Å². The number of hydrogen-bond donors (Lipinski definition) is 3. The molecule has 0 bridgehead atoms. The highest BCUT2D eigenvalue weighted by Crippen LogP contribution is 2.30. The third-order valence-corrected chi connectivity index (χ3v) is 4.65. The van der Waals surface area contributed by atoms with Gasteiger partial charge in [0.25, 0.3) is 0 Å². The van der Waals surface area contributed by atoms with E-state index < -0.39 is 11.7 Å². The van der Waals surface area contributed by atoms with E-state index in [2.05, 4.69) is 16.4 Å². The van der Waals surface area contributed by atoms with Gasteiger partial charge in [-0.1, -0.05) is 18.2 Å². The van der Waals surface area contributed by atoms with Gasteiger partial charge >= 0.3 is 6.09 Å². The van der Waals surface area contributed by atoms with Crippen molar-refractivity contribution in [3.8, 4) is 0 Å². The molecule has 0 fully saturated rings. The molecule has 2 heterocycles. The second-order valence-electron chi connectivity index (χ2n) is 7.87. The lowest BCUT2D eigenvalue weighted by Gasteiger charge is -2.35. The lowest BCUT2D eigenvalue weighted by molar-refractivity contribution is -0.135. The molecule has 7 heteroatoms. The standard InChI is InChI=1S/C20H27N3O4/c1-20(2,3)27-19(26)21-9-8-18(25)23-11-17-15(10-13(23)12-24)14-6-4-5-7-16(14)22-17/h4-7,13,22,24H,8-12H2,1-3H3,(H,21,26). The van der Waals surface area contributed by atoms with Crippen molar-refractivity contribution < 1.29 is 19.4 Å². The van der Waals surface area contributed by atoms with Gasteiger partial charge in [0.2, 0.25) is 5.91 Å². The average Bonchev–Trinajstić information content (AvgIpc) is 2.96. The van der Waals surface area contributed by atoms with E-state index in [1.807, 2.05) is 18.2 Å². The normalized spacial score (nSPS) is 16.9. The molecule has 3 N–H and O–H groups in total. The largest absolute Gasteiger partial charge is 0.444 e. The molecule has 2 amide bonds. The quantitative estimate of drug-likeness (QED) is 0.767. The maximum Gasteiger partial charge on any atom is 0.407 e. The summed E-state index contributed by atoms with van der Waals surface area (Å²) in [5, 5.41) is 13.5. The molecule has 0 saturated heterocycles. The molecule has 27 heavy (non-hydrogen) atoms. The molecule has 7 nitrogen and oxygen atoms in total. The number of carbonyl (C=O) groups is 2. The molecule has 1 aliphatic rings. The predicted molar refractivity (Wildman–Crippen MR) is 102 cm³/mol. The Morgan fingerprint density at radius 3 is 2.78 bits per heavy atom. The summed E-state index contributed by atoms with van der Waals surface area (Å²) in [4.78, 5) is 29.4. The Morgan fingerprint density at radius 1 is 1.33 bits per heavy atom. The lowest BCUT2D eigenvalue weighted by Crippen LogP contribution is -2.47. The molecule has 0 spiro atoms. The molecule has 1 aliphatic heterocycles. The Balaban J connectivity index is 1.63. The van der Waals surface area contributed by atoms with Crippen LogP contribution in [0.1, 0.15) is 38.4 Å². The number of rotatable bonds is 4. The maximum atomic E-state index is 12.7. The topological polar surface area (TPSA) is 94.7 Å². The molecule has 1 aromatic heterocycles. The molecule has 1 aromatic carbocycles. The van der Waals surface area contributed by atoms with Crippen molar-refractivity contribution in [2.75, 3.05) is 13.2 Å². The maximum absolute atomic E-state index is 12.7. The fourth-order valence-corrected chi connectivity index (χ4v) is 3.45. The number of H-pyrrole nitrogens is 1. The number of ether oxygens (including phenoxy) is 1. The Hall–Kier alpha value is -2.54. The molecule has 1 unspecified atom stereocenters. The third-order valence-electron chi connectivity index (χ3n) is 4.65. The van der Waals surface area contributed by atoms with E-state index in [0.717, 1.165) is 16.6 Å². The Bertz CT molecular complexity index is 837. The van der Waals surface area contributed by atoms with Gasteiger partial charge in [0.15, 0.2) is 0 Å². The highest BCUT2D eigenvalue weighted by atomic mass is 16.6. The van der Waals surface area contributed by atoms with Gasteiger partial charge in [-0.05, 0) is 38.8 Å². The minimum atomic E-state index is -0.574. The van der Waals surface area contributed by atoms with Crippen LogP contribution in [0.15, 0.2) is 24.3 Å². The number of benzene rings is 1. The number of carbonyl (C=O) groups excluding carboxylic acids is 2. The molecule has 0 saturated carbocycles. The van der Waals surface area contributed by atoms with Crippen LogP contribution in [-0.4, -0.2) is 51.8 Å². The number of amides is 2. The van der Waals surface area contributed by atoms with Crippen LogP contribution in [0.3, 0.4) is 0 Å². The first-order chi connectivity index (χ1) is 12.8. The van der Waals surface area contributed by atoms with Gasteiger partial charge in [-0.25, -0.2) is 4.79 Å². The van der Waals surface area contributed by atoms with Gasteiger partial charge in [-0.2, -0.15) is 0 Å². The summed E-state index contributed by atoms with van der Waals surface area (Å²) in [5.41, 5.74) is 2.64. The minimum Gasteiger partial charge on any atom is -0.444 e. The van der Waals surface area contributed by atoms with Crippen molar-refractivity contribution in [1.29, 1.82) is 0 Å². The number of nitrogens with one attached hydrogen (secondary N) is 2. The Labute approximate surface area is 158 Å². The van der Waals surface area contributed by atoms with Gasteiger partial charge in [0.1, 0.15) is 5.60 Å². The van der Waals surface area contributed by atoms with Crippen LogP contribution in [0.25, 0.3) is 10.9 Å². The zero-order valence-corrected chi connectivity index (χ0v) is 16.0. The van der Waals surface area contributed by atoms with Crippen LogP contribution in [0.4, 0.5) is 4.79 Å². The fourth-order valence-electron chi connectivity index (χ4n) is 3.45. The first-order valence-corrected chi connectivity index (χ1v) is 9.24. The molecule has 3 rings (SSSR count). The molecule has 0 aliphatic carbocycles. The SMILES string of the molecule is CC(C)(C)OC(=O)NCCC(=O)N1Cc2[nH]c3ccccc3c2CC1CO. The summed E-state index contributed by atoms with van der Waals surface area (Å²) in [6.07, 6.45) is 0.234. The number of nitrogens with zero attached hydrogens (tertiary/aromatic N) is 1. The van der Waals surface area contributed by atoms with E-state index in [9.17, 15) is 14.7 Å². The number of para-hydroxylation sites is 1. The van der Waals surface area contributed by atoms with Crippen molar-refractivity contribution in [1.82, 2.24) is 15.2 Å². The molecule has 1 atom stereocenters. The van der Waals surface area contributed by atoms with Crippen molar-refractivity contribution in [2.45, 2.75) is 51.8 Å². The molecular formula is C20H27N3O4. The molecule has 2 aromatic rings. The van der Waals surface area contributed by atoms with Gasteiger partial charge < -0.3 is 25.0 Å². The highest BCUT2D eigenvalue weighted by Gasteiger charge is 2.31. The lowest BCUT2D eigenvalue weighted by atomic mass is 9.96. The van der Waals surface area contributed by atoms with Gasteiger partial charge in [0.05, 0.1) is 19.2 Å². The fraction of sp³-hybridized carbons (Fsp3) is 0.500. The van der Waals surface area contributed by atoms with Crippen LogP contribution in [-0.2, 0) is 22.5 Å². The van der Waals surface area contributed by atoms with Crippen molar-refractivity contribution in [3.05, 3.63) is 35.5 Å². The second-order valence-corrected chi connectivity index (χ2v) is 7.87. The van der Waals surface area contributed by atoms with Crippen LogP contribution in [0.5, 0.6) is 0 Å². The summed E-state index contributed by atoms with van der Waals surface area (Å²) < 4.78 is 5.17. The summed E-state index contributed by atoms with van der Waals surface area (Å²) in [5.74, 6) is -0.102. The molecule has 146 valence electrons. The van der Waals surface area contributed by atoms with E-state index in [4.69, 9.17) is 4.74 Å². The summed E-state index contributed by atoms with van der Waals surface area (Å²) in [6.45, 7) is 5.90. The van der Waals surface area contributed by atoms with Crippen molar-refractivity contribution >= 4 is 22.9 Å². The third kappa shape index (κ3) is 4.42. The van der Waals surface area contributed by atoms with Crippen molar-refractivity contribution in [2.24, 2.45) is 0 Å². The van der Waals surface area contributed by atoms with Gasteiger partial charge in [-0.15, -0.1) is 0 Å². The summed E-state index contributed by atoms with van der Waals surface area (Å²) >= 11 is 0. The van der Waals surface area contributed by atoms with E-state index in [1.165, 1.54) is 5.56 Å². The zero-order valence-electron chi connectivity index (χ0n) is 16.0. The predicted octanol–water partition coefficient (Wildman–Crippen LogP) is 2.33. The van der Waals surface area contributed by atoms with E-state index in [0.29, 0.717) is 13.0 Å². The summed E-state index contributed by atoms with van der Waals surface area (Å²) in [7, 11) is 0. The first kappa shape index (κ1) is 19.2. The number of alkyl carbamates (subject to hydrolysis) is 1. The summed E-state index contributed by atoms with van der Waals surface area (Å²) in [6, 6.07) is 7.77. The van der Waals surface area contributed by atoms with Crippen LogP contribution in [0.2, 0.25) is 0 Å². The van der Waals surface area contributed by atoms with E-state index in [1.54, 1.807) is 25.7 Å². The van der Waals surface area contributed by atoms with Crippen LogP contribution in [0, 0.1) is 0 Å². The Morgan fingerprint density at radius 2 is 2.07 bits per heavy atom. The minimum absolute atomic E-state index is 0.0931. The molecule has 0 radical (unpaired) electrons. The number of aliphatic hydroxyl groups excluding tert-OH is 1. The zero-order chi connectivity index (χ0) is 19.6. The van der Waals surface area contributed by atoms with E-state index >= 15 is 0 Å². The van der Waals surface area contributed by atoms with Crippen LogP contribution >= 0.6 is 0 Å². The number of aromatic nitrogens is 1. The number of hydrogen-bond acceptors (Lipinski definition) is 4. The Kier molecular flexibility index (Phi) is 5.41.